The lowest BCUT2D eigenvalue weighted by Crippen LogP contribution is -2.45. The highest BCUT2D eigenvalue weighted by Gasteiger charge is 2.23. The third kappa shape index (κ3) is 51.9. The second-order valence-electron chi connectivity index (χ2n) is 20.3. The number of phosphoric ester groups is 1. The van der Waals surface area contributed by atoms with Gasteiger partial charge in [-0.1, -0.05) is 242 Å². The van der Waals surface area contributed by atoms with Crippen molar-refractivity contribution >= 4 is 13.7 Å². The molecule has 0 saturated carbocycles. The number of rotatable bonds is 51. The van der Waals surface area contributed by atoms with E-state index in [0.29, 0.717) is 17.4 Å². The van der Waals surface area contributed by atoms with Crippen LogP contribution in [-0.2, 0) is 18.4 Å². The fourth-order valence-corrected chi connectivity index (χ4v) is 8.79. The van der Waals surface area contributed by atoms with Crippen LogP contribution in [0.2, 0.25) is 0 Å². The molecule has 0 aliphatic heterocycles. The molecular formula is C58H109N2O6P. The molecule has 3 atom stereocenters. The van der Waals surface area contributed by atoms with Crippen LogP contribution in [0.5, 0.6) is 0 Å². The Labute approximate surface area is 415 Å². The summed E-state index contributed by atoms with van der Waals surface area (Å²) in [4.78, 5) is 25.4. The minimum atomic E-state index is -4.61. The Bertz CT molecular complexity index is 1270. The van der Waals surface area contributed by atoms with Crippen LogP contribution >= 0.6 is 7.82 Å². The smallest absolute Gasteiger partial charge is 0.268 e. The van der Waals surface area contributed by atoms with Crippen molar-refractivity contribution in [1.82, 2.24) is 5.32 Å². The van der Waals surface area contributed by atoms with E-state index in [2.05, 4.69) is 67.8 Å². The molecule has 2 N–H and O–H groups in total. The summed E-state index contributed by atoms with van der Waals surface area (Å²) in [5.74, 6) is -0.217. The fraction of sp³-hybridized carbons (Fsp3) is 0.810. The van der Waals surface area contributed by atoms with Gasteiger partial charge in [-0.25, -0.2) is 0 Å². The zero-order chi connectivity index (χ0) is 49.2. The monoisotopic (exact) mass is 961 g/mol. The number of unbranched alkanes of at least 4 members (excludes halogenated alkanes) is 30. The summed E-state index contributed by atoms with van der Waals surface area (Å²) >= 11 is 0. The van der Waals surface area contributed by atoms with Gasteiger partial charge in [-0.3, -0.25) is 9.36 Å². The van der Waals surface area contributed by atoms with E-state index in [9.17, 15) is 19.4 Å². The predicted octanol–water partition coefficient (Wildman–Crippen LogP) is 16.3. The quantitative estimate of drug-likeness (QED) is 0.0272. The first kappa shape index (κ1) is 65.2. The molecule has 0 aromatic heterocycles. The summed E-state index contributed by atoms with van der Waals surface area (Å²) in [6, 6.07) is -0.912. The van der Waals surface area contributed by atoms with Crippen LogP contribution < -0.4 is 10.2 Å². The molecule has 0 fully saturated rings. The number of phosphoric acid groups is 1. The molecule has 67 heavy (non-hydrogen) atoms. The van der Waals surface area contributed by atoms with Gasteiger partial charge in [-0.05, 0) is 64.2 Å². The molecule has 0 rings (SSSR count). The first-order chi connectivity index (χ1) is 32.5. The second-order valence-corrected chi connectivity index (χ2v) is 21.7. The zero-order valence-electron chi connectivity index (χ0n) is 44.6. The second kappa shape index (κ2) is 49.2. The number of aliphatic hydroxyl groups excluding tert-OH is 1. The standard InChI is InChI=1S/C58H109N2O6P/c1-6-8-10-12-14-16-18-20-22-24-25-26-27-28-29-30-31-32-33-34-36-37-39-41-43-45-47-49-51-57(61)56(55-66-67(63,64)65-54-53-60(3,4)5)59-58(62)52-50-48-46-44-42-40-38-35-23-21-19-17-15-13-11-9-7-2/h9,11,15,17,21,23,41,43,49,51,56-57,61H,6-8,10,12-14,16,18-20,22,24-40,42,44-48,50,52-55H2,1-5H3,(H-,59,62,63,64)/b11-9-,17-15-,23-21-,43-41+,51-49+. The van der Waals surface area contributed by atoms with E-state index < -0.39 is 26.6 Å². The number of nitrogens with one attached hydrogen (secondary N) is 1. The Morgan fingerprint density at radius 3 is 1.39 bits per heavy atom. The molecule has 0 saturated heterocycles. The summed E-state index contributed by atoms with van der Waals surface area (Å²) in [5.41, 5.74) is 0. The van der Waals surface area contributed by atoms with E-state index in [1.165, 1.54) is 161 Å². The third-order valence-electron chi connectivity index (χ3n) is 12.5. The Morgan fingerprint density at radius 1 is 0.537 bits per heavy atom. The Hall–Kier alpha value is -1.80. The van der Waals surface area contributed by atoms with E-state index >= 15 is 0 Å². The summed E-state index contributed by atoms with van der Waals surface area (Å²) in [7, 11) is 1.23. The summed E-state index contributed by atoms with van der Waals surface area (Å²) in [6.07, 6.45) is 65.9. The number of hydrogen-bond donors (Lipinski definition) is 2. The van der Waals surface area contributed by atoms with Crippen molar-refractivity contribution in [3.63, 3.8) is 0 Å². The number of likely N-dealkylation sites (N-methyl/N-ethyl adjacent to an activating group) is 1. The lowest BCUT2D eigenvalue weighted by Gasteiger charge is -2.29. The van der Waals surface area contributed by atoms with Gasteiger partial charge in [0.15, 0.2) is 0 Å². The molecule has 8 nitrogen and oxygen atoms in total. The van der Waals surface area contributed by atoms with E-state index in [-0.39, 0.29) is 12.5 Å². The summed E-state index contributed by atoms with van der Waals surface area (Å²) < 4.78 is 23.3. The summed E-state index contributed by atoms with van der Waals surface area (Å²) in [5, 5.41) is 13.8. The van der Waals surface area contributed by atoms with Gasteiger partial charge >= 0.3 is 0 Å². The van der Waals surface area contributed by atoms with Gasteiger partial charge in [0.25, 0.3) is 7.82 Å². The minimum absolute atomic E-state index is 0.0105. The molecule has 0 aliphatic rings. The maximum Gasteiger partial charge on any atom is 0.268 e. The fourth-order valence-electron chi connectivity index (χ4n) is 8.07. The molecule has 9 heteroatoms. The average Bonchev–Trinajstić information content (AvgIpc) is 3.29. The maximum absolute atomic E-state index is 12.9. The first-order valence-electron chi connectivity index (χ1n) is 28.2. The average molecular weight is 961 g/mol. The number of aliphatic hydroxyl groups is 1. The Kier molecular flexibility index (Phi) is 47.9. The highest BCUT2D eigenvalue weighted by Crippen LogP contribution is 2.38. The molecule has 1 amide bonds. The van der Waals surface area contributed by atoms with Gasteiger partial charge in [0.05, 0.1) is 39.9 Å². The van der Waals surface area contributed by atoms with Gasteiger partial charge in [0.2, 0.25) is 5.91 Å². The number of nitrogens with zero attached hydrogens (tertiary/aromatic N) is 1. The van der Waals surface area contributed by atoms with Crippen molar-refractivity contribution in [3.05, 3.63) is 60.8 Å². The van der Waals surface area contributed by atoms with Crippen molar-refractivity contribution in [3.8, 4) is 0 Å². The normalized spacial score (nSPS) is 14.4. The van der Waals surface area contributed by atoms with Gasteiger partial charge in [-0.15, -0.1) is 0 Å². The number of hydrogen-bond acceptors (Lipinski definition) is 6. The maximum atomic E-state index is 12.9. The zero-order valence-corrected chi connectivity index (χ0v) is 45.5. The number of allylic oxidation sites excluding steroid dienone is 9. The van der Waals surface area contributed by atoms with Crippen molar-refractivity contribution in [2.24, 2.45) is 0 Å². The molecule has 0 aliphatic carbocycles. The van der Waals surface area contributed by atoms with Crippen LogP contribution in [0.15, 0.2) is 60.8 Å². The molecule has 0 heterocycles. The van der Waals surface area contributed by atoms with Crippen molar-refractivity contribution in [2.75, 3.05) is 40.9 Å². The lowest BCUT2D eigenvalue weighted by atomic mass is 10.0. The number of carbonyl (C=O) groups is 1. The van der Waals surface area contributed by atoms with Crippen LogP contribution in [0, 0.1) is 0 Å². The molecule has 0 spiro atoms. The van der Waals surface area contributed by atoms with Crippen LogP contribution in [-0.4, -0.2) is 68.5 Å². The first-order valence-corrected chi connectivity index (χ1v) is 29.6. The Morgan fingerprint density at radius 2 is 0.925 bits per heavy atom. The van der Waals surface area contributed by atoms with Crippen LogP contribution in [0.3, 0.4) is 0 Å². The minimum Gasteiger partial charge on any atom is -0.756 e. The molecule has 0 bridgehead atoms. The third-order valence-corrected chi connectivity index (χ3v) is 13.4. The van der Waals surface area contributed by atoms with Gasteiger partial charge in [0.1, 0.15) is 13.2 Å². The summed E-state index contributed by atoms with van der Waals surface area (Å²) in [6.45, 7) is 4.52. The van der Waals surface area contributed by atoms with E-state index in [0.717, 1.165) is 70.6 Å². The van der Waals surface area contributed by atoms with Crippen LogP contribution in [0.1, 0.15) is 251 Å². The number of carbonyl (C=O) groups excluding carboxylic acids is 1. The topological polar surface area (TPSA) is 108 Å². The largest absolute Gasteiger partial charge is 0.756 e. The molecular weight excluding hydrogens is 852 g/mol. The van der Waals surface area contributed by atoms with E-state index in [4.69, 9.17) is 9.05 Å². The number of amides is 1. The van der Waals surface area contributed by atoms with E-state index in [1.54, 1.807) is 6.08 Å². The van der Waals surface area contributed by atoms with E-state index in [1.807, 2.05) is 27.2 Å². The van der Waals surface area contributed by atoms with Gasteiger partial charge in [-0.2, -0.15) is 0 Å². The molecule has 3 unspecified atom stereocenters. The molecule has 392 valence electrons. The van der Waals surface area contributed by atoms with Crippen molar-refractivity contribution < 1.29 is 32.9 Å². The SMILES string of the molecule is CC/C=C\C/C=C\C/C=C\CCCCCCCCCC(=O)NC(COP(=O)([O-])OCC[N+](C)(C)C)C(O)/C=C/CC/C=C/CCCCCCCCCCCCCCCCCCCCCCCC. The number of quaternary nitrogens is 1. The van der Waals surface area contributed by atoms with Gasteiger partial charge in [0, 0.05) is 6.42 Å². The molecule has 0 aromatic carbocycles. The predicted molar refractivity (Wildman–Crippen MR) is 288 cm³/mol. The molecule has 0 aromatic rings. The van der Waals surface area contributed by atoms with Crippen LogP contribution in [0.4, 0.5) is 0 Å². The Balaban J connectivity index is 4.24. The van der Waals surface area contributed by atoms with Gasteiger partial charge < -0.3 is 28.8 Å². The molecule has 0 radical (unpaired) electrons. The van der Waals surface area contributed by atoms with Crippen molar-refractivity contribution in [2.45, 2.75) is 264 Å². The van der Waals surface area contributed by atoms with Crippen molar-refractivity contribution in [1.29, 1.82) is 0 Å². The lowest BCUT2D eigenvalue weighted by molar-refractivity contribution is -0.870. The highest BCUT2D eigenvalue weighted by atomic mass is 31.2. The van der Waals surface area contributed by atoms with Crippen LogP contribution in [0.25, 0.3) is 0 Å². The highest BCUT2D eigenvalue weighted by molar-refractivity contribution is 7.45.